The summed E-state index contributed by atoms with van der Waals surface area (Å²) in [4.78, 5) is 27.2. The van der Waals surface area contributed by atoms with Crippen LogP contribution in [0.2, 0.25) is 5.02 Å². The highest BCUT2D eigenvalue weighted by atomic mass is 35.5. The summed E-state index contributed by atoms with van der Waals surface area (Å²) in [7, 11) is 0. The third-order valence-electron chi connectivity index (χ3n) is 3.60. The summed E-state index contributed by atoms with van der Waals surface area (Å²) in [6.45, 7) is 1.53. The zero-order valence-electron chi connectivity index (χ0n) is 14.6. The summed E-state index contributed by atoms with van der Waals surface area (Å²) in [6.07, 6.45) is 0. The summed E-state index contributed by atoms with van der Waals surface area (Å²) < 4.78 is 10.3. The minimum atomic E-state index is -0.514. The van der Waals surface area contributed by atoms with Crippen molar-refractivity contribution in [1.29, 1.82) is 0 Å². The number of nitrogens with zero attached hydrogens (tertiary/aromatic N) is 3. The van der Waals surface area contributed by atoms with Crippen molar-refractivity contribution in [2.24, 2.45) is 0 Å². The summed E-state index contributed by atoms with van der Waals surface area (Å²) in [5.41, 5.74) is 0.722. The minimum Gasteiger partial charge on any atom is -0.455 e. The number of aromatic nitrogens is 2. The number of halogens is 1. The third-order valence-corrected chi connectivity index (χ3v) is 4.94. The molecule has 3 aromatic rings. The molecular weight excluding hydrogens is 406 g/mol. The minimum absolute atomic E-state index is 0.00698. The summed E-state index contributed by atoms with van der Waals surface area (Å²) in [5, 5.41) is 14.6. The number of carbonyl (C=O) groups excluding carboxylic acids is 1. The smallest absolute Gasteiger partial charge is 0.319 e. The predicted molar refractivity (Wildman–Crippen MR) is 103 cm³/mol. The Labute approximate surface area is 169 Å². The van der Waals surface area contributed by atoms with E-state index in [4.69, 9.17) is 20.9 Å². The number of hydrogen-bond donors (Lipinski definition) is 0. The van der Waals surface area contributed by atoms with Crippen LogP contribution in [0.3, 0.4) is 0 Å². The number of rotatable bonds is 7. The lowest BCUT2D eigenvalue weighted by Gasteiger charge is -2.09. The van der Waals surface area contributed by atoms with Gasteiger partial charge in [-0.3, -0.25) is 14.9 Å². The summed E-state index contributed by atoms with van der Waals surface area (Å²) in [6, 6.07) is 12.9. The standard InChI is InChI=1S/C18H14ClN3O5S/c1-11(28-15-8-6-14(7-9-15)22(24)25)18(23)26-10-16-20-17(21-27-16)12-2-4-13(19)5-3-12/h2-9,11H,10H2,1H3. The molecule has 0 amide bonds. The van der Waals surface area contributed by atoms with Gasteiger partial charge in [0, 0.05) is 27.6 Å². The molecule has 8 nitrogen and oxygen atoms in total. The van der Waals surface area contributed by atoms with Crippen molar-refractivity contribution in [3.05, 3.63) is 69.6 Å². The van der Waals surface area contributed by atoms with Gasteiger partial charge in [0.15, 0.2) is 6.61 Å². The number of ether oxygens (including phenoxy) is 1. The van der Waals surface area contributed by atoms with Crippen molar-refractivity contribution >= 4 is 35.0 Å². The molecule has 144 valence electrons. The number of nitro benzene ring substituents is 1. The Morgan fingerprint density at radius 2 is 1.93 bits per heavy atom. The maximum absolute atomic E-state index is 12.2. The molecule has 0 aliphatic carbocycles. The van der Waals surface area contributed by atoms with E-state index in [9.17, 15) is 14.9 Å². The Bertz CT molecular complexity index is 976. The van der Waals surface area contributed by atoms with Gasteiger partial charge in [0.1, 0.15) is 5.25 Å². The highest BCUT2D eigenvalue weighted by Crippen LogP contribution is 2.26. The van der Waals surface area contributed by atoms with Crippen LogP contribution in [-0.2, 0) is 16.1 Å². The van der Waals surface area contributed by atoms with Crippen molar-refractivity contribution in [3.63, 3.8) is 0 Å². The average molecular weight is 420 g/mol. The van der Waals surface area contributed by atoms with Crippen LogP contribution in [0, 0.1) is 10.1 Å². The van der Waals surface area contributed by atoms with E-state index in [0.29, 0.717) is 10.8 Å². The molecule has 0 spiro atoms. The second-order valence-corrected chi connectivity index (χ2v) is 7.49. The topological polar surface area (TPSA) is 108 Å². The molecule has 0 saturated heterocycles. The molecule has 1 unspecified atom stereocenters. The molecule has 3 rings (SSSR count). The van der Waals surface area contributed by atoms with Crippen molar-refractivity contribution in [2.75, 3.05) is 0 Å². The van der Waals surface area contributed by atoms with Crippen LogP contribution in [-0.4, -0.2) is 26.3 Å². The number of nitro groups is 1. The Hall–Kier alpha value is -2.91. The van der Waals surface area contributed by atoms with E-state index in [2.05, 4.69) is 10.1 Å². The normalized spacial score (nSPS) is 11.8. The van der Waals surface area contributed by atoms with Crippen LogP contribution in [0.5, 0.6) is 0 Å². The number of esters is 1. The van der Waals surface area contributed by atoms with Crippen LogP contribution in [0.25, 0.3) is 11.4 Å². The highest BCUT2D eigenvalue weighted by Gasteiger charge is 2.18. The van der Waals surface area contributed by atoms with Gasteiger partial charge in [0.2, 0.25) is 5.82 Å². The number of benzene rings is 2. The molecule has 0 N–H and O–H groups in total. The molecular formula is C18H14ClN3O5S. The van der Waals surface area contributed by atoms with Gasteiger partial charge in [-0.15, -0.1) is 11.8 Å². The van der Waals surface area contributed by atoms with Gasteiger partial charge in [0.05, 0.1) is 4.92 Å². The maximum Gasteiger partial charge on any atom is 0.319 e. The van der Waals surface area contributed by atoms with Crippen molar-refractivity contribution < 1.29 is 19.0 Å². The summed E-state index contributed by atoms with van der Waals surface area (Å²) in [5.74, 6) is 0.0800. The first-order chi connectivity index (χ1) is 13.4. The lowest BCUT2D eigenvalue weighted by molar-refractivity contribution is -0.384. The predicted octanol–water partition coefficient (Wildman–Crippen LogP) is 4.52. The lowest BCUT2D eigenvalue weighted by atomic mass is 10.2. The maximum atomic E-state index is 12.2. The Balaban J connectivity index is 1.53. The largest absolute Gasteiger partial charge is 0.455 e. The van der Waals surface area contributed by atoms with E-state index in [0.717, 1.165) is 10.5 Å². The quantitative estimate of drug-likeness (QED) is 0.238. The fourth-order valence-electron chi connectivity index (χ4n) is 2.18. The van der Waals surface area contributed by atoms with E-state index < -0.39 is 16.1 Å². The first kappa shape index (κ1) is 19.8. The molecule has 28 heavy (non-hydrogen) atoms. The molecule has 2 aromatic carbocycles. The number of carbonyl (C=O) groups is 1. The van der Waals surface area contributed by atoms with Crippen LogP contribution in [0.4, 0.5) is 5.69 Å². The molecule has 10 heteroatoms. The van der Waals surface area contributed by atoms with Crippen LogP contribution >= 0.6 is 23.4 Å². The van der Waals surface area contributed by atoms with E-state index in [1.165, 1.54) is 23.9 Å². The van der Waals surface area contributed by atoms with Gasteiger partial charge < -0.3 is 9.26 Å². The second kappa shape index (κ2) is 8.85. The van der Waals surface area contributed by atoms with Gasteiger partial charge in [-0.05, 0) is 43.3 Å². The first-order valence-corrected chi connectivity index (χ1v) is 9.34. The SMILES string of the molecule is CC(Sc1ccc([N+](=O)[O-])cc1)C(=O)OCc1nc(-c2ccc(Cl)cc2)no1. The molecule has 0 radical (unpaired) electrons. The van der Waals surface area contributed by atoms with Crippen LogP contribution in [0.1, 0.15) is 12.8 Å². The van der Waals surface area contributed by atoms with Gasteiger partial charge >= 0.3 is 5.97 Å². The average Bonchev–Trinajstić information content (AvgIpc) is 3.16. The lowest BCUT2D eigenvalue weighted by Crippen LogP contribution is -2.16. The van der Waals surface area contributed by atoms with E-state index in [1.807, 2.05) is 0 Å². The Kier molecular flexibility index (Phi) is 6.27. The monoisotopic (exact) mass is 419 g/mol. The molecule has 0 fully saturated rings. The number of thioether (sulfide) groups is 1. The molecule has 0 aliphatic rings. The van der Waals surface area contributed by atoms with E-state index in [-0.39, 0.29) is 18.2 Å². The fraction of sp³-hybridized carbons (Fsp3) is 0.167. The van der Waals surface area contributed by atoms with Gasteiger partial charge in [-0.1, -0.05) is 16.8 Å². The molecule has 1 aromatic heterocycles. The third kappa shape index (κ3) is 5.08. The van der Waals surface area contributed by atoms with Crippen molar-refractivity contribution in [2.45, 2.75) is 23.7 Å². The van der Waals surface area contributed by atoms with Gasteiger partial charge in [-0.2, -0.15) is 4.98 Å². The van der Waals surface area contributed by atoms with E-state index in [1.54, 1.807) is 43.3 Å². The molecule has 1 heterocycles. The molecule has 0 saturated carbocycles. The fourth-order valence-corrected chi connectivity index (χ4v) is 3.17. The summed E-state index contributed by atoms with van der Waals surface area (Å²) >= 11 is 7.08. The number of hydrogen-bond acceptors (Lipinski definition) is 8. The Morgan fingerprint density at radius 3 is 2.57 bits per heavy atom. The molecule has 0 aliphatic heterocycles. The Morgan fingerprint density at radius 1 is 1.25 bits per heavy atom. The zero-order valence-corrected chi connectivity index (χ0v) is 16.1. The molecule has 1 atom stereocenters. The van der Waals surface area contributed by atoms with Gasteiger partial charge in [-0.25, -0.2) is 0 Å². The van der Waals surface area contributed by atoms with Gasteiger partial charge in [0.25, 0.3) is 11.6 Å². The van der Waals surface area contributed by atoms with Crippen LogP contribution in [0.15, 0.2) is 57.9 Å². The van der Waals surface area contributed by atoms with Crippen molar-refractivity contribution in [1.82, 2.24) is 10.1 Å². The molecule has 0 bridgehead atoms. The first-order valence-electron chi connectivity index (χ1n) is 8.08. The second-order valence-electron chi connectivity index (χ2n) is 5.64. The zero-order chi connectivity index (χ0) is 20.1. The van der Waals surface area contributed by atoms with Crippen molar-refractivity contribution in [3.8, 4) is 11.4 Å². The highest BCUT2D eigenvalue weighted by molar-refractivity contribution is 8.00. The van der Waals surface area contributed by atoms with Crippen LogP contribution < -0.4 is 0 Å². The van der Waals surface area contributed by atoms with E-state index >= 15 is 0 Å². The number of non-ortho nitro benzene ring substituents is 1.